The largest absolute Gasteiger partial charge is 0.504 e. The van der Waals surface area contributed by atoms with Crippen LogP contribution < -0.4 is 31.2 Å². The number of fused-ring (bicyclic) bond motifs is 1. The zero-order chi connectivity index (χ0) is 42.2. The Morgan fingerprint density at radius 1 is 1.12 bits per heavy atom. The van der Waals surface area contributed by atoms with Gasteiger partial charge in [-0.2, -0.15) is 8.42 Å². The Morgan fingerprint density at radius 3 is 2.44 bits per heavy atom. The molecule has 3 fully saturated rings. The summed E-state index contributed by atoms with van der Waals surface area (Å²) in [6, 6.07) is -1.63. The number of urea groups is 2. The number of carbonyl (C=O) groups is 7. The number of nitrogens with one attached hydrogen (secondary N) is 5. The van der Waals surface area contributed by atoms with Crippen LogP contribution in [-0.2, 0) is 34.2 Å². The molecular formula is C28H32ClN11O14S3. The van der Waals surface area contributed by atoms with Gasteiger partial charge in [-0.3, -0.25) is 19.3 Å². The summed E-state index contributed by atoms with van der Waals surface area (Å²) in [5, 5.41) is 49.8. The third-order valence-electron chi connectivity index (χ3n) is 8.26. The maximum Gasteiger partial charge on any atom is 0.350 e. The first-order valence-corrected chi connectivity index (χ1v) is 19.6. The van der Waals surface area contributed by atoms with Crippen LogP contribution >= 0.6 is 34.7 Å². The average molecular weight is 878 g/mol. The molecule has 1 aromatic heterocycles. The Balaban J connectivity index is 1.17. The average Bonchev–Trinajstić information content (AvgIpc) is 3.83. The number of aromatic nitrogens is 1. The number of hydrogen-bond acceptors (Lipinski definition) is 17. The second kappa shape index (κ2) is 16.0. The molecule has 0 bridgehead atoms. The molecule has 3 atom stereocenters. The molecule has 0 radical (unpaired) electrons. The summed E-state index contributed by atoms with van der Waals surface area (Å²) in [6.07, 6.45) is 0. The Morgan fingerprint density at radius 2 is 1.81 bits per heavy atom. The quantitative estimate of drug-likeness (QED) is 0.0298. The predicted molar refractivity (Wildman–Crippen MR) is 196 cm³/mol. The van der Waals surface area contributed by atoms with E-state index in [4.69, 9.17) is 22.2 Å². The second-order valence-corrected chi connectivity index (χ2v) is 16.6. The lowest BCUT2D eigenvalue weighted by Gasteiger charge is -2.41. The van der Waals surface area contributed by atoms with Crippen LogP contribution in [0.4, 0.5) is 14.7 Å². The zero-order valence-electron chi connectivity index (χ0n) is 29.2. The van der Waals surface area contributed by atoms with Crippen LogP contribution in [0.5, 0.6) is 11.5 Å². The number of carboxylic acid groups (broad SMARTS) is 2. The van der Waals surface area contributed by atoms with Gasteiger partial charge in [-0.15, -0.1) is 16.2 Å². The molecule has 1 aromatic carbocycles. The van der Waals surface area contributed by atoms with E-state index in [0.717, 1.165) is 47.1 Å². The van der Waals surface area contributed by atoms with Gasteiger partial charge in [-0.05, 0) is 26.0 Å². The summed E-state index contributed by atoms with van der Waals surface area (Å²) in [5.41, 5.74) is 2.94. The van der Waals surface area contributed by atoms with E-state index in [1.54, 1.807) is 4.72 Å². The minimum absolute atomic E-state index is 0.0257. The van der Waals surface area contributed by atoms with Gasteiger partial charge in [-0.25, -0.2) is 33.9 Å². The van der Waals surface area contributed by atoms with Crippen LogP contribution in [0.15, 0.2) is 22.7 Å². The Bertz CT molecular complexity index is 2190. The molecule has 29 heteroatoms. The van der Waals surface area contributed by atoms with E-state index >= 15 is 0 Å². The van der Waals surface area contributed by atoms with E-state index < -0.39 is 109 Å². The highest BCUT2D eigenvalue weighted by Crippen LogP contribution is 2.49. The van der Waals surface area contributed by atoms with Crippen molar-refractivity contribution in [2.75, 3.05) is 38.5 Å². The number of hydrazine groups is 1. The molecule has 25 nitrogen and oxygen atoms in total. The first-order chi connectivity index (χ1) is 26.6. The lowest BCUT2D eigenvalue weighted by Crippen LogP contribution is -2.68. The SMILES string of the molecule is CC(C)(O/N=C(\C(=O)N[C@@H]1C(=O)N2C[C@@](C(=O)O)(N3CCN(NS(=O)(=O)NC(=O)NCCNC(=O)c4ccc(O)c(O)c4Cl)C3=O)S[C@H]12)c1csc(N)n1)C(=O)O. The summed E-state index contributed by atoms with van der Waals surface area (Å²) in [6.45, 7) is 0.444. The van der Waals surface area contributed by atoms with Gasteiger partial charge < -0.3 is 51.8 Å². The van der Waals surface area contributed by atoms with Crippen LogP contribution in [0.3, 0.4) is 0 Å². The number of β-lactam (4-membered cyclic amide) rings is 1. The van der Waals surface area contributed by atoms with E-state index in [1.165, 1.54) is 5.38 Å². The van der Waals surface area contributed by atoms with Crippen molar-refractivity contribution in [2.24, 2.45) is 5.16 Å². The molecule has 0 spiro atoms. The number of nitrogens with two attached hydrogens (primary N) is 1. The maximum atomic E-state index is 13.4. The fourth-order valence-electron chi connectivity index (χ4n) is 5.28. The number of carboxylic acids is 2. The lowest BCUT2D eigenvalue weighted by atomic mass is 10.1. The number of anilines is 1. The van der Waals surface area contributed by atoms with E-state index in [9.17, 15) is 62.4 Å². The number of amides is 7. The Labute approximate surface area is 333 Å². The molecule has 308 valence electrons. The van der Waals surface area contributed by atoms with Gasteiger partial charge in [0.05, 0.1) is 23.7 Å². The minimum Gasteiger partial charge on any atom is -0.504 e. The number of carbonyl (C=O) groups excluding carboxylic acids is 5. The Hall–Kier alpha value is -5.84. The number of phenols is 2. The number of nitrogen functional groups attached to an aromatic ring is 1. The van der Waals surface area contributed by atoms with Crippen LogP contribution in [0.25, 0.3) is 0 Å². The second-order valence-electron chi connectivity index (χ2n) is 12.5. The normalized spacial score (nSPS) is 20.8. The van der Waals surface area contributed by atoms with Gasteiger partial charge in [0.1, 0.15) is 17.1 Å². The van der Waals surface area contributed by atoms with Crippen molar-refractivity contribution >= 4 is 97.5 Å². The first kappa shape index (κ1) is 42.3. The molecule has 4 heterocycles. The third-order valence-corrected chi connectivity index (χ3v) is 11.9. The van der Waals surface area contributed by atoms with E-state index in [0.29, 0.717) is 16.8 Å². The maximum absolute atomic E-state index is 13.4. The number of aromatic hydroxyl groups is 2. The number of halogens is 1. The van der Waals surface area contributed by atoms with Crippen molar-refractivity contribution in [1.29, 1.82) is 0 Å². The van der Waals surface area contributed by atoms with Crippen LogP contribution in [-0.4, -0.2) is 151 Å². The van der Waals surface area contributed by atoms with Gasteiger partial charge in [0.15, 0.2) is 22.3 Å². The molecule has 0 unspecified atom stereocenters. The van der Waals surface area contributed by atoms with Gasteiger partial charge >= 0.3 is 34.2 Å². The molecule has 5 rings (SSSR count). The number of thiazole rings is 1. The summed E-state index contributed by atoms with van der Waals surface area (Å²) >= 11 is 7.38. The molecule has 2 aromatic rings. The summed E-state index contributed by atoms with van der Waals surface area (Å²) < 4.78 is 27.0. The van der Waals surface area contributed by atoms with Gasteiger partial charge in [0, 0.05) is 25.0 Å². The topological polar surface area (TPSA) is 365 Å². The van der Waals surface area contributed by atoms with Crippen molar-refractivity contribution in [2.45, 2.75) is 35.7 Å². The highest BCUT2D eigenvalue weighted by molar-refractivity contribution is 8.02. The first-order valence-electron chi connectivity index (χ1n) is 16.0. The number of phenolic OH excluding ortho intramolecular Hbond substituents is 2. The van der Waals surface area contributed by atoms with Crippen molar-refractivity contribution in [1.82, 2.24) is 45.3 Å². The summed E-state index contributed by atoms with van der Waals surface area (Å²) in [7, 11) is -4.81. The molecular weight excluding hydrogens is 846 g/mol. The summed E-state index contributed by atoms with van der Waals surface area (Å²) in [5.74, 6) is -6.84. The molecule has 11 N–H and O–H groups in total. The molecule has 7 amide bonds. The number of benzene rings is 1. The van der Waals surface area contributed by atoms with Gasteiger partial charge in [0.25, 0.3) is 11.8 Å². The number of aliphatic carboxylic acids is 2. The number of oxime groups is 1. The number of hydrogen-bond donors (Lipinski definition) is 10. The van der Waals surface area contributed by atoms with Crippen molar-refractivity contribution < 1.29 is 67.2 Å². The number of thioether (sulfide) groups is 1. The molecule has 3 aliphatic rings. The molecule has 0 saturated carbocycles. The zero-order valence-corrected chi connectivity index (χ0v) is 32.4. The van der Waals surface area contributed by atoms with Gasteiger partial charge in [0.2, 0.25) is 16.4 Å². The number of rotatable bonds is 15. The minimum atomic E-state index is -4.81. The molecule has 0 aliphatic carbocycles. The van der Waals surface area contributed by atoms with Crippen molar-refractivity contribution in [3.63, 3.8) is 0 Å². The van der Waals surface area contributed by atoms with Crippen LogP contribution in [0.2, 0.25) is 5.02 Å². The Kier molecular flexibility index (Phi) is 11.8. The van der Waals surface area contributed by atoms with Crippen LogP contribution in [0.1, 0.15) is 29.9 Å². The smallest absolute Gasteiger partial charge is 0.350 e. The van der Waals surface area contributed by atoms with Gasteiger partial charge in [-0.1, -0.05) is 28.5 Å². The number of nitrogens with zero attached hydrogens (tertiary/aromatic N) is 5. The molecule has 3 saturated heterocycles. The van der Waals surface area contributed by atoms with Crippen LogP contribution in [0, 0.1) is 0 Å². The molecule has 3 aliphatic heterocycles. The standard InChI is InChI=1S/C28H32ClN11O14S3/c1-27(2,22(46)47)54-35-15(12-9-55-24(30)33-12)19(44)34-16-20(45)38-10-28(23(48)49,56-21(16)38)39-7-8-40(26(39)51)37-57(52,53)36-25(50)32-6-5-31-18(43)11-3-4-13(41)17(42)14(11)29/h3-4,9,16,21,37,41-42H,5-8,10H2,1-2H3,(H2,30,33)(H,31,43)(H,34,44)(H,46,47)(H,48,49)(H2,32,36,50)/b35-15-/t16-,21-,28-/m1/s1. The lowest BCUT2D eigenvalue weighted by molar-refractivity contribution is -0.161. The fraction of sp³-hybridized carbons (Fsp3) is 0.393. The van der Waals surface area contributed by atoms with E-state index in [2.05, 4.69) is 26.1 Å². The van der Waals surface area contributed by atoms with Crippen molar-refractivity contribution in [3.05, 3.63) is 33.8 Å². The predicted octanol–water partition coefficient (Wildman–Crippen LogP) is -2.23. The monoisotopic (exact) mass is 877 g/mol. The highest BCUT2D eigenvalue weighted by Gasteiger charge is 2.66. The van der Waals surface area contributed by atoms with E-state index in [1.807, 2.05) is 4.83 Å². The third kappa shape index (κ3) is 8.62. The van der Waals surface area contributed by atoms with Crippen molar-refractivity contribution in [3.8, 4) is 11.5 Å². The summed E-state index contributed by atoms with van der Waals surface area (Å²) in [4.78, 5) is 99.4. The fourth-order valence-corrected chi connectivity index (χ4v) is 8.53. The highest BCUT2D eigenvalue weighted by atomic mass is 35.5. The molecule has 57 heavy (non-hydrogen) atoms. The van der Waals surface area contributed by atoms with E-state index in [-0.39, 0.29) is 36.0 Å².